The van der Waals surface area contributed by atoms with E-state index < -0.39 is 33.8 Å². The first-order valence-corrected chi connectivity index (χ1v) is 26.2. The molecule has 1 aromatic heterocycles. The second kappa shape index (κ2) is 14.1. The van der Waals surface area contributed by atoms with Gasteiger partial charge in [0.1, 0.15) is 17.9 Å². The fourth-order valence-electron chi connectivity index (χ4n) is 4.53. The minimum Gasteiger partial charge on any atom is -0.489 e. The van der Waals surface area contributed by atoms with E-state index in [1.54, 1.807) is 0 Å². The lowest BCUT2D eigenvalue weighted by molar-refractivity contribution is 0.138. The van der Waals surface area contributed by atoms with E-state index in [-0.39, 0.29) is 0 Å². The average Bonchev–Trinajstić information content (AvgIpc) is 3.29. The lowest BCUT2D eigenvalue weighted by Gasteiger charge is -2.43. The van der Waals surface area contributed by atoms with Crippen LogP contribution in [0.3, 0.4) is 0 Å². The number of unbranched alkanes of at least 4 members (excludes halogenated alkanes) is 1. The molecule has 0 saturated heterocycles. The van der Waals surface area contributed by atoms with Gasteiger partial charge in [0.05, 0.1) is 0 Å². The first kappa shape index (κ1) is 33.7. The number of para-hydroxylation sites is 2. The van der Waals surface area contributed by atoms with Crippen molar-refractivity contribution in [2.45, 2.75) is 78.2 Å². The highest BCUT2D eigenvalue weighted by Gasteiger charge is 2.48. The summed E-state index contributed by atoms with van der Waals surface area (Å²) in [5, 5.41) is 0.854. The van der Waals surface area contributed by atoms with Crippen molar-refractivity contribution in [3.63, 3.8) is 0 Å². The number of benzene rings is 2. The van der Waals surface area contributed by atoms with Crippen LogP contribution in [0.25, 0.3) is 22.6 Å². The second-order valence-corrected chi connectivity index (χ2v) is 29.0. The quantitative estimate of drug-likeness (QED) is 0.109. The molecule has 226 valence electrons. The molecule has 41 heavy (non-hydrogen) atoms. The van der Waals surface area contributed by atoms with Gasteiger partial charge >= 0.3 is 17.1 Å². The van der Waals surface area contributed by atoms with Gasteiger partial charge in [-0.05, 0) is 95.2 Å². The summed E-state index contributed by atoms with van der Waals surface area (Å²) >= 11 is 0. The summed E-state index contributed by atoms with van der Waals surface area (Å²) < 4.78 is 38.7. The van der Waals surface area contributed by atoms with E-state index in [1.807, 2.05) is 48.5 Å². The molecule has 0 spiro atoms. The molecule has 3 aromatic rings. The lowest BCUT2D eigenvalue weighted by atomic mass is 10.2. The summed E-state index contributed by atoms with van der Waals surface area (Å²) in [6.07, 6.45) is 2.17. The zero-order chi connectivity index (χ0) is 30.3. The minimum absolute atomic E-state index is 0.305. The maximum absolute atomic E-state index is 7.06. The van der Waals surface area contributed by atoms with Crippen LogP contribution in [-0.4, -0.2) is 58.6 Å². The number of fused-ring (bicyclic) bond motifs is 1. The van der Waals surface area contributed by atoms with E-state index in [4.69, 9.17) is 26.2 Å². The third-order valence-electron chi connectivity index (χ3n) is 6.23. The fourth-order valence-corrected chi connectivity index (χ4v) is 21.6. The number of rotatable bonds is 17. The number of nitrogens with zero attached hydrogens (tertiary/aromatic N) is 1. The van der Waals surface area contributed by atoms with Crippen molar-refractivity contribution >= 4 is 44.9 Å². The smallest absolute Gasteiger partial charge is 0.348 e. The predicted molar refractivity (Wildman–Crippen MR) is 178 cm³/mol. The molecule has 0 saturated carbocycles. The highest BCUT2D eigenvalue weighted by atomic mass is 28.5. The molecular formula is C30H49NO6Si4. The van der Waals surface area contributed by atoms with Crippen molar-refractivity contribution in [3.8, 4) is 17.2 Å². The van der Waals surface area contributed by atoms with Crippen molar-refractivity contribution in [1.29, 1.82) is 0 Å². The molecule has 0 aliphatic carbocycles. The van der Waals surface area contributed by atoms with Crippen LogP contribution in [0, 0.1) is 0 Å². The largest absolute Gasteiger partial charge is 0.489 e. The Morgan fingerprint density at radius 2 is 1.49 bits per heavy atom. The van der Waals surface area contributed by atoms with Gasteiger partial charge in [0.2, 0.25) is 5.89 Å². The van der Waals surface area contributed by atoms with Gasteiger partial charge in [-0.15, -0.1) is 0 Å². The molecule has 0 amide bonds. The summed E-state index contributed by atoms with van der Waals surface area (Å²) in [6, 6.07) is 16.3. The van der Waals surface area contributed by atoms with Gasteiger partial charge in [0.25, 0.3) is 0 Å². The summed E-state index contributed by atoms with van der Waals surface area (Å²) in [6.45, 7) is 25.8. The molecule has 0 N–H and O–H groups in total. The van der Waals surface area contributed by atoms with Crippen molar-refractivity contribution in [2.24, 2.45) is 0 Å². The Labute approximate surface area is 251 Å². The molecule has 0 aliphatic heterocycles. The molecule has 0 aliphatic rings. The lowest BCUT2D eigenvalue weighted by Crippen LogP contribution is -2.60. The van der Waals surface area contributed by atoms with Gasteiger partial charge < -0.3 is 26.2 Å². The SMILES string of the molecule is C=C(COc1ccc(-c2nc3ccccc3o2)cc1)[Si](C)(O[Si](C)(C)C)O[Si](C)(CCOCCCC)O[Si](C)(C)C. The van der Waals surface area contributed by atoms with E-state index in [2.05, 4.69) is 70.9 Å². The standard InChI is InChI=1S/C30H49NO6Si4/c1-11-12-21-32-22-23-40(9,35-38(3,4)5)37-41(10,36-39(6,7)8)25(2)24-33-27-19-17-26(18-20-27)30-31-28-15-13-14-16-29(28)34-30/h13-20H,2,11-12,21-24H2,1,3-10H3. The molecular weight excluding hydrogens is 583 g/mol. The Hall–Kier alpha value is -1.84. The first-order chi connectivity index (χ1) is 19.1. The van der Waals surface area contributed by atoms with Crippen molar-refractivity contribution in [2.75, 3.05) is 19.8 Å². The van der Waals surface area contributed by atoms with E-state index in [0.29, 0.717) is 19.1 Å². The predicted octanol–water partition coefficient (Wildman–Crippen LogP) is 8.65. The normalized spacial score (nSPS) is 15.4. The van der Waals surface area contributed by atoms with Crippen LogP contribution in [0.5, 0.6) is 5.75 Å². The van der Waals surface area contributed by atoms with Crippen LogP contribution in [0.2, 0.25) is 58.4 Å². The monoisotopic (exact) mass is 631 g/mol. The van der Waals surface area contributed by atoms with Crippen molar-refractivity contribution in [1.82, 2.24) is 4.98 Å². The number of hydrogen-bond donors (Lipinski definition) is 0. The summed E-state index contributed by atoms with van der Waals surface area (Å²) in [4.78, 5) is 4.59. The molecule has 0 radical (unpaired) electrons. The van der Waals surface area contributed by atoms with Crippen LogP contribution < -0.4 is 4.74 Å². The van der Waals surface area contributed by atoms with Gasteiger partial charge in [0.15, 0.2) is 22.2 Å². The third-order valence-corrected chi connectivity index (χ3v) is 20.2. The Balaban J connectivity index is 1.73. The molecule has 11 heteroatoms. The second-order valence-electron chi connectivity index (χ2n) is 12.7. The molecule has 7 nitrogen and oxygen atoms in total. The highest BCUT2D eigenvalue weighted by Crippen LogP contribution is 2.31. The van der Waals surface area contributed by atoms with E-state index in [1.165, 1.54) is 0 Å². The topological polar surface area (TPSA) is 72.2 Å². The van der Waals surface area contributed by atoms with Crippen LogP contribution in [0.4, 0.5) is 0 Å². The highest BCUT2D eigenvalue weighted by molar-refractivity contribution is 6.92. The van der Waals surface area contributed by atoms with Crippen LogP contribution in [-0.2, 0) is 17.1 Å². The third kappa shape index (κ3) is 10.7. The molecule has 0 bridgehead atoms. The number of aromatic nitrogens is 1. The molecule has 2 unspecified atom stereocenters. The Bertz CT molecular complexity index is 1240. The van der Waals surface area contributed by atoms with Gasteiger partial charge in [0, 0.05) is 30.0 Å². The Morgan fingerprint density at radius 3 is 2.10 bits per heavy atom. The van der Waals surface area contributed by atoms with Gasteiger partial charge in [-0.25, -0.2) is 4.98 Å². The number of oxazole rings is 1. The Kier molecular flexibility index (Phi) is 11.6. The zero-order valence-corrected chi connectivity index (χ0v) is 30.5. The van der Waals surface area contributed by atoms with Crippen LogP contribution >= 0.6 is 0 Å². The van der Waals surface area contributed by atoms with Crippen LogP contribution in [0.15, 0.2) is 64.7 Å². The minimum atomic E-state index is -2.91. The Morgan fingerprint density at radius 1 is 0.829 bits per heavy atom. The summed E-state index contributed by atoms with van der Waals surface area (Å²) in [5.74, 6) is 1.32. The summed E-state index contributed by atoms with van der Waals surface area (Å²) in [7, 11) is -9.44. The fraction of sp³-hybridized carbons (Fsp3) is 0.500. The number of hydrogen-bond acceptors (Lipinski definition) is 7. The number of ether oxygens (including phenoxy) is 2. The molecule has 1 heterocycles. The maximum atomic E-state index is 7.06. The van der Waals surface area contributed by atoms with Crippen molar-refractivity contribution in [3.05, 3.63) is 60.3 Å². The molecule has 2 aromatic carbocycles. The van der Waals surface area contributed by atoms with E-state index in [0.717, 1.165) is 53.1 Å². The first-order valence-electron chi connectivity index (χ1n) is 14.6. The van der Waals surface area contributed by atoms with Gasteiger partial charge in [-0.2, -0.15) is 0 Å². The molecule has 2 atom stereocenters. The molecule has 3 rings (SSSR count). The van der Waals surface area contributed by atoms with Gasteiger partial charge in [-0.3, -0.25) is 0 Å². The van der Waals surface area contributed by atoms with E-state index >= 15 is 0 Å². The maximum Gasteiger partial charge on any atom is 0.348 e. The molecule has 0 fully saturated rings. The average molecular weight is 632 g/mol. The zero-order valence-electron chi connectivity index (χ0n) is 26.5. The summed E-state index contributed by atoms with van der Waals surface area (Å²) in [5.41, 5.74) is 2.50. The van der Waals surface area contributed by atoms with E-state index in [9.17, 15) is 0 Å². The van der Waals surface area contributed by atoms with Crippen molar-refractivity contribution < 1.29 is 26.2 Å². The van der Waals surface area contributed by atoms with Gasteiger partial charge in [-0.1, -0.05) is 32.1 Å². The van der Waals surface area contributed by atoms with Crippen LogP contribution in [0.1, 0.15) is 19.8 Å².